The smallest absolute Gasteiger partial charge is 0.270 e. The van der Waals surface area contributed by atoms with Crippen LogP contribution in [0.4, 0.5) is 4.39 Å². The first-order valence-electron chi connectivity index (χ1n) is 12.0. The van der Waals surface area contributed by atoms with E-state index in [1.807, 2.05) is 0 Å². The van der Waals surface area contributed by atoms with Gasteiger partial charge in [-0.15, -0.1) is 0 Å². The largest absolute Gasteiger partial charge is 0.494 e. The van der Waals surface area contributed by atoms with Gasteiger partial charge in [-0.05, 0) is 62.3 Å². The molecule has 0 saturated heterocycles. The minimum Gasteiger partial charge on any atom is -0.494 e. The average molecular weight is 500 g/mol. The quantitative estimate of drug-likeness (QED) is 0.506. The Hall–Kier alpha value is -3.60. The van der Waals surface area contributed by atoms with Crippen LogP contribution in [0.3, 0.4) is 0 Å². The molecule has 2 aliphatic rings. The van der Waals surface area contributed by atoms with E-state index in [1.54, 1.807) is 19.1 Å². The van der Waals surface area contributed by atoms with E-state index < -0.39 is 12.4 Å². The Bertz CT molecular complexity index is 1150. The number of halogens is 1. The number of benzene rings is 1. The van der Waals surface area contributed by atoms with Gasteiger partial charge < -0.3 is 25.3 Å². The van der Waals surface area contributed by atoms with Gasteiger partial charge >= 0.3 is 0 Å². The van der Waals surface area contributed by atoms with Crippen LogP contribution < -0.4 is 15.4 Å². The predicted molar refractivity (Wildman–Crippen MR) is 128 cm³/mol. The van der Waals surface area contributed by atoms with Crippen LogP contribution in [-0.2, 0) is 16.2 Å². The summed E-state index contributed by atoms with van der Waals surface area (Å²) in [5.74, 6) is -0.358. The Kier molecular flexibility index (Phi) is 8.09. The van der Waals surface area contributed by atoms with Crippen LogP contribution in [-0.4, -0.2) is 58.5 Å². The van der Waals surface area contributed by atoms with Gasteiger partial charge in [0.15, 0.2) is 11.6 Å². The summed E-state index contributed by atoms with van der Waals surface area (Å²) in [6.45, 7) is 1.39. The first-order valence-corrected chi connectivity index (χ1v) is 12.0. The molecule has 1 saturated carbocycles. The molecule has 0 unspecified atom stereocenters. The summed E-state index contributed by atoms with van der Waals surface area (Å²) in [4.78, 5) is 38.6. The van der Waals surface area contributed by atoms with Crippen LogP contribution in [0.1, 0.15) is 59.7 Å². The number of aryl methyl sites for hydroxylation is 1. The number of carbonyl (C=O) groups is 2. The third-order valence-corrected chi connectivity index (χ3v) is 6.53. The standard InChI is InChI=1S/C25H30FN5O5/c1-14-28-19(10-21(29-14)25(34)27-12-15-3-8-18(26)23(9-15)35-2)20-11-22(36-31-20)16-4-6-17(7-5-16)30-24(33)13-32/h3,8-10,16-17,22,32H,4-7,11-13H2,1-2H3,(H,27,34)(H,30,33)/t16-,17-,22-/m1/s1. The lowest BCUT2D eigenvalue weighted by molar-refractivity contribution is -0.124. The van der Waals surface area contributed by atoms with E-state index in [-0.39, 0.29) is 41.9 Å². The third-order valence-electron chi connectivity index (χ3n) is 6.53. The second kappa shape index (κ2) is 11.4. The third kappa shape index (κ3) is 6.14. The molecule has 1 aliphatic heterocycles. The summed E-state index contributed by atoms with van der Waals surface area (Å²) < 4.78 is 18.6. The van der Waals surface area contributed by atoms with Crippen molar-refractivity contribution in [1.29, 1.82) is 0 Å². The predicted octanol–water partition coefficient (Wildman–Crippen LogP) is 2.02. The number of methoxy groups -OCH3 is 1. The van der Waals surface area contributed by atoms with Gasteiger partial charge in [-0.2, -0.15) is 0 Å². The van der Waals surface area contributed by atoms with Crippen molar-refractivity contribution in [3.05, 3.63) is 52.9 Å². The van der Waals surface area contributed by atoms with E-state index in [1.165, 1.54) is 19.2 Å². The van der Waals surface area contributed by atoms with E-state index in [0.717, 1.165) is 25.7 Å². The van der Waals surface area contributed by atoms with Gasteiger partial charge in [0.25, 0.3) is 5.91 Å². The van der Waals surface area contributed by atoms with Crippen LogP contribution in [0, 0.1) is 18.7 Å². The maximum absolute atomic E-state index is 13.6. The van der Waals surface area contributed by atoms with E-state index in [0.29, 0.717) is 35.1 Å². The molecule has 0 spiro atoms. The van der Waals surface area contributed by atoms with Crippen molar-refractivity contribution < 1.29 is 28.7 Å². The molecule has 1 aromatic heterocycles. The second-order valence-corrected chi connectivity index (χ2v) is 9.06. The highest BCUT2D eigenvalue weighted by Crippen LogP contribution is 2.33. The number of nitrogens with zero attached hydrogens (tertiary/aromatic N) is 3. The lowest BCUT2D eigenvalue weighted by atomic mass is 9.81. The first kappa shape index (κ1) is 25.5. The van der Waals surface area contributed by atoms with Gasteiger partial charge in [0, 0.05) is 19.0 Å². The zero-order valence-corrected chi connectivity index (χ0v) is 20.3. The summed E-state index contributed by atoms with van der Waals surface area (Å²) in [7, 11) is 1.38. The van der Waals surface area contributed by atoms with Crippen molar-refractivity contribution in [2.24, 2.45) is 11.1 Å². The lowest BCUT2D eigenvalue weighted by Gasteiger charge is -2.31. The molecule has 10 nitrogen and oxygen atoms in total. The van der Waals surface area contributed by atoms with Gasteiger partial charge in [-0.25, -0.2) is 14.4 Å². The van der Waals surface area contributed by atoms with Crippen molar-refractivity contribution in [1.82, 2.24) is 20.6 Å². The molecule has 36 heavy (non-hydrogen) atoms. The summed E-state index contributed by atoms with van der Waals surface area (Å²) in [6, 6.07) is 6.07. The number of carbonyl (C=O) groups excluding carboxylic acids is 2. The number of oxime groups is 1. The van der Waals surface area contributed by atoms with Crippen LogP contribution in [0.25, 0.3) is 0 Å². The molecular formula is C25H30FN5O5. The molecule has 0 radical (unpaired) electrons. The highest BCUT2D eigenvalue weighted by molar-refractivity contribution is 6.01. The van der Waals surface area contributed by atoms with Crippen LogP contribution in [0.15, 0.2) is 29.4 Å². The van der Waals surface area contributed by atoms with Gasteiger partial charge in [0.05, 0.1) is 12.8 Å². The topological polar surface area (TPSA) is 135 Å². The van der Waals surface area contributed by atoms with Crippen molar-refractivity contribution >= 4 is 17.5 Å². The maximum Gasteiger partial charge on any atom is 0.270 e. The molecule has 1 aromatic carbocycles. The zero-order valence-electron chi connectivity index (χ0n) is 20.3. The summed E-state index contributed by atoms with van der Waals surface area (Å²) >= 11 is 0. The number of hydrogen-bond acceptors (Lipinski definition) is 8. The minimum absolute atomic E-state index is 0.0734. The Morgan fingerprint density at radius 2 is 1.97 bits per heavy atom. The minimum atomic E-state index is -0.498. The van der Waals surface area contributed by atoms with Crippen LogP contribution in [0.5, 0.6) is 5.75 Å². The molecule has 1 fully saturated rings. The number of nitrogens with one attached hydrogen (secondary N) is 2. The molecule has 1 atom stereocenters. The van der Waals surface area contributed by atoms with E-state index in [4.69, 9.17) is 14.7 Å². The van der Waals surface area contributed by atoms with Gasteiger partial charge in [-0.3, -0.25) is 9.59 Å². The van der Waals surface area contributed by atoms with Crippen LogP contribution in [0.2, 0.25) is 0 Å². The highest BCUT2D eigenvalue weighted by atomic mass is 19.1. The summed E-state index contributed by atoms with van der Waals surface area (Å²) in [5.41, 5.74) is 2.11. The molecule has 2 aromatic rings. The first-order chi connectivity index (χ1) is 17.4. The summed E-state index contributed by atoms with van der Waals surface area (Å²) in [5, 5.41) is 18.8. The number of hydrogen-bond donors (Lipinski definition) is 3. The van der Waals surface area contributed by atoms with Crippen molar-refractivity contribution in [3.8, 4) is 5.75 Å². The van der Waals surface area contributed by atoms with Crippen molar-refractivity contribution in [3.63, 3.8) is 0 Å². The Morgan fingerprint density at radius 1 is 1.19 bits per heavy atom. The van der Waals surface area contributed by atoms with E-state index >= 15 is 0 Å². The number of aliphatic hydroxyl groups excluding tert-OH is 1. The Morgan fingerprint density at radius 3 is 2.69 bits per heavy atom. The molecule has 2 amide bonds. The molecule has 4 rings (SSSR count). The number of ether oxygens (including phenoxy) is 1. The molecular weight excluding hydrogens is 469 g/mol. The summed E-state index contributed by atoms with van der Waals surface area (Å²) in [6.07, 6.45) is 3.90. The van der Waals surface area contributed by atoms with Gasteiger partial charge in [-0.1, -0.05) is 11.2 Å². The normalized spacial score (nSPS) is 21.3. The average Bonchev–Trinajstić information content (AvgIpc) is 3.38. The van der Waals surface area contributed by atoms with Crippen LogP contribution >= 0.6 is 0 Å². The molecule has 11 heteroatoms. The van der Waals surface area contributed by atoms with E-state index in [2.05, 4.69) is 25.8 Å². The van der Waals surface area contributed by atoms with Crippen molar-refractivity contribution in [2.75, 3.05) is 13.7 Å². The molecule has 192 valence electrons. The maximum atomic E-state index is 13.6. The van der Waals surface area contributed by atoms with Gasteiger partial charge in [0.2, 0.25) is 5.91 Å². The second-order valence-electron chi connectivity index (χ2n) is 9.06. The molecule has 3 N–H and O–H groups in total. The SMILES string of the molecule is COc1cc(CNC(=O)c2cc(C3=NO[C@@H]([C@H]4CC[C@H](NC(=O)CO)CC4)C3)nc(C)n2)ccc1F. The number of rotatable bonds is 8. The number of amides is 2. The Balaban J connectivity index is 1.34. The molecule has 1 aliphatic carbocycles. The fraction of sp³-hybridized carbons (Fsp3) is 0.480. The van der Waals surface area contributed by atoms with Gasteiger partial charge in [0.1, 0.15) is 29.9 Å². The molecule has 2 heterocycles. The zero-order chi connectivity index (χ0) is 25.7. The lowest BCUT2D eigenvalue weighted by Crippen LogP contribution is -2.40. The molecule has 0 bridgehead atoms. The number of aromatic nitrogens is 2. The highest BCUT2D eigenvalue weighted by Gasteiger charge is 2.34. The number of aliphatic hydroxyl groups is 1. The van der Waals surface area contributed by atoms with E-state index in [9.17, 15) is 14.0 Å². The van der Waals surface area contributed by atoms with Crippen molar-refractivity contribution in [2.45, 2.75) is 57.7 Å². The fourth-order valence-corrected chi connectivity index (χ4v) is 4.63. The monoisotopic (exact) mass is 499 g/mol. The Labute approximate surface area is 208 Å². The fourth-order valence-electron chi connectivity index (χ4n) is 4.63.